The van der Waals surface area contributed by atoms with Gasteiger partial charge in [-0.15, -0.1) is 11.3 Å². The van der Waals surface area contributed by atoms with E-state index in [1.54, 1.807) is 31.2 Å². The first-order valence-electron chi connectivity index (χ1n) is 9.46. The molecule has 0 fully saturated rings. The number of anilines is 1. The third-order valence-corrected chi connectivity index (χ3v) is 5.48. The Kier molecular flexibility index (Phi) is 7.08. The first kappa shape index (κ1) is 21.4. The van der Waals surface area contributed by atoms with Gasteiger partial charge in [-0.1, -0.05) is 48.5 Å². The van der Waals surface area contributed by atoms with E-state index in [9.17, 15) is 14.0 Å². The second kappa shape index (κ2) is 9.93. The summed E-state index contributed by atoms with van der Waals surface area (Å²) in [7, 11) is 0. The highest BCUT2D eigenvalue weighted by atomic mass is 32.1. The maximum atomic E-state index is 13.9. The molecular formula is C23H22FN3O2S. The van der Waals surface area contributed by atoms with Gasteiger partial charge in [-0.2, -0.15) is 0 Å². The summed E-state index contributed by atoms with van der Waals surface area (Å²) in [5, 5.41) is 5.77. The summed E-state index contributed by atoms with van der Waals surface area (Å²) in [6, 6.07) is 15.3. The van der Waals surface area contributed by atoms with Crippen molar-refractivity contribution in [1.29, 1.82) is 0 Å². The minimum atomic E-state index is -0.739. The van der Waals surface area contributed by atoms with E-state index in [1.807, 2.05) is 37.3 Å². The Balaban J connectivity index is 1.57. The minimum Gasteiger partial charge on any atom is -0.341 e. The van der Waals surface area contributed by atoms with Crippen LogP contribution < -0.4 is 10.6 Å². The lowest BCUT2D eigenvalue weighted by Crippen LogP contribution is -2.40. The highest BCUT2D eigenvalue weighted by molar-refractivity contribution is 7.15. The lowest BCUT2D eigenvalue weighted by Gasteiger charge is -2.11. The second-order valence-corrected chi connectivity index (χ2v) is 7.84. The van der Waals surface area contributed by atoms with E-state index >= 15 is 0 Å². The summed E-state index contributed by atoms with van der Waals surface area (Å²) in [5.74, 6) is -1.00. The number of carbonyl (C=O) groups is 2. The molecule has 0 saturated carbocycles. The first-order valence-corrected chi connectivity index (χ1v) is 10.3. The fourth-order valence-corrected chi connectivity index (χ4v) is 3.73. The van der Waals surface area contributed by atoms with E-state index in [2.05, 4.69) is 15.6 Å². The fraction of sp³-hybridized carbons (Fsp3) is 0.174. The minimum absolute atomic E-state index is 0.268. The third-order valence-electron chi connectivity index (χ3n) is 4.41. The molecule has 2 amide bonds. The van der Waals surface area contributed by atoms with Gasteiger partial charge in [0.25, 0.3) is 0 Å². The maximum Gasteiger partial charge on any atom is 0.248 e. The van der Waals surface area contributed by atoms with Crippen LogP contribution in [0.25, 0.3) is 6.08 Å². The van der Waals surface area contributed by atoms with Crippen molar-refractivity contribution in [2.75, 3.05) is 5.32 Å². The molecule has 0 bridgehead atoms. The van der Waals surface area contributed by atoms with Gasteiger partial charge in [0.15, 0.2) is 5.13 Å². The van der Waals surface area contributed by atoms with Crippen LogP contribution in [-0.4, -0.2) is 22.8 Å². The van der Waals surface area contributed by atoms with Crippen molar-refractivity contribution >= 4 is 34.4 Å². The topological polar surface area (TPSA) is 71.1 Å². The number of carbonyl (C=O) groups excluding carboxylic acids is 2. The number of nitrogens with one attached hydrogen (secondary N) is 2. The van der Waals surface area contributed by atoms with Gasteiger partial charge in [0, 0.05) is 17.4 Å². The highest BCUT2D eigenvalue weighted by Gasteiger charge is 2.17. The van der Waals surface area contributed by atoms with Crippen LogP contribution in [0.1, 0.15) is 28.6 Å². The molecule has 1 unspecified atom stereocenters. The van der Waals surface area contributed by atoms with Gasteiger partial charge < -0.3 is 10.6 Å². The normalized spacial score (nSPS) is 12.0. The number of rotatable bonds is 7. The Labute approximate surface area is 178 Å². The summed E-state index contributed by atoms with van der Waals surface area (Å²) < 4.78 is 13.9. The summed E-state index contributed by atoms with van der Waals surface area (Å²) in [6.07, 6.45) is 3.47. The first-order chi connectivity index (χ1) is 14.4. The number of hydrogen-bond acceptors (Lipinski definition) is 4. The quantitative estimate of drug-likeness (QED) is 0.556. The Bertz CT molecular complexity index is 1060. The zero-order chi connectivity index (χ0) is 21.5. The van der Waals surface area contributed by atoms with Gasteiger partial charge in [0.2, 0.25) is 11.8 Å². The van der Waals surface area contributed by atoms with Gasteiger partial charge in [-0.05, 0) is 37.1 Å². The molecule has 5 nitrogen and oxygen atoms in total. The number of amides is 2. The van der Waals surface area contributed by atoms with E-state index in [0.29, 0.717) is 17.1 Å². The van der Waals surface area contributed by atoms with Crippen LogP contribution in [-0.2, 0) is 16.0 Å². The van der Waals surface area contributed by atoms with Crippen molar-refractivity contribution in [3.63, 3.8) is 0 Å². The molecule has 2 aromatic carbocycles. The Morgan fingerprint density at radius 3 is 2.57 bits per heavy atom. The molecule has 0 spiro atoms. The second-order valence-electron chi connectivity index (χ2n) is 6.76. The lowest BCUT2D eigenvalue weighted by atomic mass is 10.1. The molecule has 7 heteroatoms. The summed E-state index contributed by atoms with van der Waals surface area (Å²) in [6.45, 7) is 3.42. The van der Waals surface area contributed by atoms with E-state index < -0.39 is 6.04 Å². The molecule has 1 heterocycles. The molecule has 0 saturated heterocycles. The van der Waals surface area contributed by atoms with Crippen LogP contribution in [0.2, 0.25) is 0 Å². The molecule has 0 radical (unpaired) electrons. The summed E-state index contributed by atoms with van der Waals surface area (Å²) >= 11 is 1.30. The molecule has 3 aromatic rings. The van der Waals surface area contributed by atoms with Crippen LogP contribution in [0, 0.1) is 12.7 Å². The zero-order valence-corrected chi connectivity index (χ0v) is 17.5. The molecule has 0 aliphatic heterocycles. The van der Waals surface area contributed by atoms with E-state index in [0.717, 1.165) is 16.1 Å². The van der Waals surface area contributed by atoms with E-state index in [4.69, 9.17) is 0 Å². The molecule has 0 aliphatic rings. The van der Waals surface area contributed by atoms with Gasteiger partial charge in [0.1, 0.15) is 11.9 Å². The van der Waals surface area contributed by atoms with Crippen molar-refractivity contribution in [2.45, 2.75) is 26.3 Å². The van der Waals surface area contributed by atoms with Crippen molar-refractivity contribution in [3.05, 3.63) is 88.2 Å². The Morgan fingerprint density at radius 2 is 1.83 bits per heavy atom. The number of aryl methyl sites for hydroxylation is 1. The Morgan fingerprint density at radius 1 is 1.13 bits per heavy atom. The highest BCUT2D eigenvalue weighted by Crippen LogP contribution is 2.26. The predicted octanol–water partition coefficient (Wildman–Crippen LogP) is 4.34. The average molecular weight is 424 g/mol. The molecule has 30 heavy (non-hydrogen) atoms. The lowest BCUT2D eigenvalue weighted by molar-refractivity contribution is -0.123. The number of hydrogen-bond donors (Lipinski definition) is 2. The zero-order valence-electron chi connectivity index (χ0n) is 16.7. The van der Waals surface area contributed by atoms with E-state index in [1.165, 1.54) is 23.5 Å². The standard InChI is InChI=1S/C23H22FN3O2S/c1-15-20(14-18-10-6-7-11-19(18)24)30-23(26-15)27-22(29)16(2)25-21(28)13-12-17-8-4-3-5-9-17/h3-13,16H,14H2,1-2H3,(H,25,28)(H,26,27,29)/b13-12+. The third kappa shape index (κ3) is 5.84. The number of benzene rings is 2. The van der Waals surface area contributed by atoms with Crippen molar-refractivity contribution in [3.8, 4) is 0 Å². The van der Waals surface area contributed by atoms with Crippen LogP contribution in [0.5, 0.6) is 0 Å². The summed E-state index contributed by atoms with van der Waals surface area (Å²) in [5.41, 5.74) is 2.21. The van der Waals surface area contributed by atoms with Crippen molar-refractivity contribution in [1.82, 2.24) is 10.3 Å². The fourth-order valence-electron chi connectivity index (χ4n) is 2.74. The Hall–Kier alpha value is -3.32. The van der Waals surface area contributed by atoms with Crippen molar-refractivity contribution in [2.24, 2.45) is 0 Å². The van der Waals surface area contributed by atoms with Crippen LogP contribution in [0.3, 0.4) is 0 Å². The van der Waals surface area contributed by atoms with Crippen LogP contribution >= 0.6 is 11.3 Å². The maximum absolute atomic E-state index is 13.9. The SMILES string of the molecule is Cc1nc(NC(=O)C(C)NC(=O)/C=C/c2ccccc2)sc1Cc1ccccc1F. The molecule has 3 rings (SSSR count). The van der Waals surface area contributed by atoms with Gasteiger partial charge in [-0.3, -0.25) is 9.59 Å². The number of halogens is 1. The number of nitrogens with zero attached hydrogens (tertiary/aromatic N) is 1. The van der Waals surface area contributed by atoms with E-state index in [-0.39, 0.29) is 17.6 Å². The molecule has 1 aromatic heterocycles. The average Bonchev–Trinajstić information content (AvgIpc) is 3.07. The molecule has 1 atom stereocenters. The monoisotopic (exact) mass is 423 g/mol. The van der Waals surface area contributed by atoms with Crippen molar-refractivity contribution < 1.29 is 14.0 Å². The largest absolute Gasteiger partial charge is 0.341 e. The van der Waals surface area contributed by atoms with Crippen LogP contribution in [0.15, 0.2) is 60.7 Å². The smallest absolute Gasteiger partial charge is 0.248 e. The predicted molar refractivity (Wildman–Crippen MR) is 118 cm³/mol. The molecule has 2 N–H and O–H groups in total. The molecule has 0 aliphatic carbocycles. The number of thiazole rings is 1. The molecule has 154 valence electrons. The van der Waals surface area contributed by atoms with Gasteiger partial charge in [-0.25, -0.2) is 9.37 Å². The molecular weight excluding hydrogens is 401 g/mol. The van der Waals surface area contributed by atoms with Gasteiger partial charge in [0.05, 0.1) is 5.69 Å². The van der Waals surface area contributed by atoms with Gasteiger partial charge >= 0.3 is 0 Å². The summed E-state index contributed by atoms with van der Waals surface area (Å²) in [4.78, 5) is 29.7. The number of aromatic nitrogens is 1. The van der Waals surface area contributed by atoms with Crippen LogP contribution in [0.4, 0.5) is 9.52 Å².